The molecule has 1 aromatic heterocycles. The van der Waals surface area contributed by atoms with Gasteiger partial charge in [-0.05, 0) is 43.2 Å². The molecule has 1 N–H and O–H groups in total. The van der Waals surface area contributed by atoms with Crippen LogP contribution in [0.4, 0.5) is 0 Å². The Bertz CT molecular complexity index is 359. The zero-order chi connectivity index (χ0) is 11.6. The Hall–Kier alpha value is -0.600. The molecule has 0 unspecified atom stereocenters. The van der Waals surface area contributed by atoms with Crippen molar-refractivity contribution < 1.29 is 5.11 Å². The van der Waals surface area contributed by atoms with Crippen LogP contribution in [0, 0.1) is 5.92 Å². The molecule has 2 rings (SSSR count). The average molecular weight is 240 g/mol. The van der Waals surface area contributed by atoms with E-state index in [-0.39, 0.29) is 0 Å². The van der Waals surface area contributed by atoms with Gasteiger partial charge in [-0.1, -0.05) is 18.5 Å². The number of hydrogen-bond acceptors (Lipinski definition) is 2. The first-order chi connectivity index (χ1) is 7.59. The van der Waals surface area contributed by atoms with E-state index >= 15 is 0 Å². The highest BCUT2D eigenvalue weighted by Gasteiger charge is 2.32. The molecular formula is C13H18ClNO. The fourth-order valence-corrected chi connectivity index (χ4v) is 2.56. The van der Waals surface area contributed by atoms with E-state index in [1.807, 2.05) is 6.07 Å². The van der Waals surface area contributed by atoms with Crippen LogP contribution in [-0.2, 0) is 6.42 Å². The Kier molecular flexibility index (Phi) is 3.50. The van der Waals surface area contributed by atoms with Crippen LogP contribution in [0.3, 0.4) is 0 Å². The number of aliphatic hydroxyl groups is 1. The second kappa shape index (κ2) is 4.72. The van der Waals surface area contributed by atoms with Crippen molar-refractivity contribution in [1.29, 1.82) is 0 Å². The summed E-state index contributed by atoms with van der Waals surface area (Å²) < 4.78 is 0. The Morgan fingerprint density at radius 3 is 2.81 bits per heavy atom. The lowest BCUT2D eigenvalue weighted by Gasteiger charge is -2.35. The number of rotatable bonds is 2. The van der Waals surface area contributed by atoms with Gasteiger partial charge in [0.2, 0.25) is 0 Å². The lowest BCUT2D eigenvalue weighted by atomic mass is 9.76. The number of nitrogens with zero attached hydrogens (tertiary/aromatic N) is 1. The predicted molar refractivity (Wildman–Crippen MR) is 65.5 cm³/mol. The van der Waals surface area contributed by atoms with E-state index < -0.39 is 5.60 Å². The van der Waals surface area contributed by atoms with E-state index in [9.17, 15) is 5.11 Å². The smallest absolute Gasteiger partial charge is 0.0688 e. The molecule has 1 aromatic rings. The Morgan fingerprint density at radius 1 is 1.50 bits per heavy atom. The minimum absolute atomic E-state index is 0.558. The minimum atomic E-state index is -0.558. The van der Waals surface area contributed by atoms with Crippen molar-refractivity contribution in [3.8, 4) is 0 Å². The highest BCUT2D eigenvalue weighted by molar-refractivity contribution is 6.31. The third-order valence-corrected chi connectivity index (χ3v) is 3.92. The van der Waals surface area contributed by atoms with Gasteiger partial charge in [-0.3, -0.25) is 4.98 Å². The molecule has 0 atom stereocenters. The van der Waals surface area contributed by atoms with E-state index in [0.717, 1.165) is 37.2 Å². The van der Waals surface area contributed by atoms with E-state index in [2.05, 4.69) is 11.9 Å². The third kappa shape index (κ3) is 2.74. The molecule has 0 bridgehead atoms. The molecule has 3 heteroatoms. The van der Waals surface area contributed by atoms with E-state index in [1.54, 1.807) is 12.4 Å². The first kappa shape index (κ1) is 11.9. The lowest BCUT2D eigenvalue weighted by Crippen LogP contribution is -2.35. The van der Waals surface area contributed by atoms with Crippen molar-refractivity contribution in [3.63, 3.8) is 0 Å². The molecule has 1 heterocycles. The summed E-state index contributed by atoms with van der Waals surface area (Å²) in [6.45, 7) is 2.25. The normalized spacial score (nSPS) is 30.3. The summed E-state index contributed by atoms with van der Waals surface area (Å²) in [5.41, 5.74) is 0.450. The number of pyridine rings is 1. The van der Waals surface area contributed by atoms with E-state index in [4.69, 9.17) is 11.6 Å². The Balaban J connectivity index is 2.07. The van der Waals surface area contributed by atoms with Crippen molar-refractivity contribution in [1.82, 2.24) is 4.98 Å². The largest absolute Gasteiger partial charge is 0.390 e. The fourth-order valence-electron chi connectivity index (χ4n) is 2.38. The number of aromatic nitrogens is 1. The van der Waals surface area contributed by atoms with Crippen LogP contribution >= 0.6 is 11.6 Å². The predicted octanol–water partition coefficient (Wildman–Crippen LogP) is 3.22. The van der Waals surface area contributed by atoms with E-state index in [0.29, 0.717) is 11.4 Å². The SMILES string of the molecule is CC1CCC(O)(Cc2ccncc2Cl)CC1. The number of halogens is 1. The summed E-state index contributed by atoms with van der Waals surface area (Å²) >= 11 is 6.06. The van der Waals surface area contributed by atoms with E-state index in [1.165, 1.54) is 0 Å². The van der Waals surface area contributed by atoms with Crippen LogP contribution in [0.1, 0.15) is 38.2 Å². The van der Waals surface area contributed by atoms with Gasteiger partial charge in [0.05, 0.1) is 10.6 Å². The van der Waals surface area contributed by atoms with Crippen LogP contribution in [-0.4, -0.2) is 15.7 Å². The van der Waals surface area contributed by atoms with Gasteiger partial charge in [-0.15, -0.1) is 0 Å². The van der Waals surface area contributed by atoms with Crippen LogP contribution in [0.15, 0.2) is 18.5 Å². The average Bonchev–Trinajstić information content (AvgIpc) is 2.27. The highest BCUT2D eigenvalue weighted by Crippen LogP contribution is 2.35. The van der Waals surface area contributed by atoms with Crippen molar-refractivity contribution in [2.75, 3.05) is 0 Å². The quantitative estimate of drug-likeness (QED) is 0.860. The van der Waals surface area contributed by atoms with Crippen LogP contribution in [0.25, 0.3) is 0 Å². The number of hydrogen-bond donors (Lipinski definition) is 1. The zero-order valence-electron chi connectivity index (χ0n) is 9.62. The molecular weight excluding hydrogens is 222 g/mol. The van der Waals surface area contributed by atoms with Crippen molar-refractivity contribution in [2.24, 2.45) is 5.92 Å². The molecule has 1 fully saturated rings. The summed E-state index contributed by atoms with van der Waals surface area (Å²) in [6, 6.07) is 1.90. The van der Waals surface area contributed by atoms with Gasteiger partial charge in [0.25, 0.3) is 0 Å². The zero-order valence-corrected chi connectivity index (χ0v) is 10.4. The van der Waals surface area contributed by atoms with Gasteiger partial charge < -0.3 is 5.11 Å². The maximum atomic E-state index is 10.5. The maximum Gasteiger partial charge on any atom is 0.0688 e. The molecule has 16 heavy (non-hydrogen) atoms. The third-order valence-electron chi connectivity index (χ3n) is 3.58. The summed E-state index contributed by atoms with van der Waals surface area (Å²) in [6.07, 6.45) is 8.01. The van der Waals surface area contributed by atoms with Crippen molar-refractivity contribution in [2.45, 2.75) is 44.6 Å². The molecule has 1 aliphatic rings. The molecule has 0 saturated heterocycles. The monoisotopic (exact) mass is 239 g/mol. The van der Waals surface area contributed by atoms with Gasteiger partial charge in [-0.2, -0.15) is 0 Å². The Labute approximate surface area is 102 Å². The molecule has 0 aromatic carbocycles. The van der Waals surface area contributed by atoms with Gasteiger partial charge in [0.15, 0.2) is 0 Å². The summed E-state index contributed by atoms with van der Waals surface area (Å²) in [5, 5.41) is 11.1. The van der Waals surface area contributed by atoms with Gasteiger partial charge in [0, 0.05) is 18.8 Å². The van der Waals surface area contributed by atoms with Crippen LogP contribution in [0.5, 0.6) is 0 Å². The Morgan fingerprint density at radius 2 is 2.19 bits per heavy atom. The van der Waals surface area contributed by atoms with Crippen molar-refractivity contribution in [3.05, 3.63) is 29.0 Å². The first-order valence-corrected chi connectivity index (χ1v) is 6.28. The molecule has 1 aliphatic carbocycles. The highest BCUT2D eigenvalue weighted by atomic mass is 35.5. The first-order valence-electron chi connectivity index (χ1n) is 5.90. The van der Waals surface area contributed by atoms with Crippen LogP contribution < -0.4 is 0 Å². The van der Waals surface area contributed by atoms with Crippen molar-refractivity contribution >= 4 is 11.6 Å². The second-order valence-electron chi connectivity index (χ2n) is 5.05. The minimum Gasteiger partial charge on any atom is -0.390 e. The molecule has 2 nitrogen and oxygen atoms in total. The lowest BCUT2D eigenvalue weighted by molar-refractivity contribution is -0.00667. The second-order valence-corrected chi connectivity index (χ2v) is 5.46. The fraction of sp³-hybridized carbons (Fsp3) is 0.615. The summed E-state index contributed by atoms with van der Waals surface area (Å²) in [5.74, 6) is 0.744. The van der Waals surface area contributed by atoms with Gasteiger partial charge in [-0.25, -0.2) is 0 Å². The summed E-state index contributed by atoms with van der Waals surface area (Å²) in [4.78, 5) is 3.96. The topological polar surface area (TPSA) is 33.1 Å². The van der Waals surface area contributed by atoms with Gasteiger partial charge >= 0.3 is 0 Å². The van der Waals surface area contributed by atoms with Gasteiger partial charge in [0.1, 0.15) is 0 Å². The van der Waals surface area contributed by atoms with Crippen LogP contribution in [0.2, 0.25) is 5.02 Å². The molecule has 0 amide bonds. The summed E-state index contributed by atoms with van der Waals surface area (Å²) in [7, 11) is 0. The molecule has 1 saturated carbocycles. The standard InChI is InChI=1S/C13H18ClNO/c1-10-2-5-13(16,6-3-10)8-11-4-7-15-9-12(11)14/h4,7,9-10,16H,2-3,5-6,8H2,1H3. The molecule has 88 valence electrons. The molecule has 0 spiro atoms. The molecule has 0 radical (unpaired) electrons. The molecule has 0 aliphatic heterocycles. The maximum absolute atomic E-state index is 10.5.